The first-order valence-corrected chi connectivity index (χ1v) is 7.48. The molecule has 1 aromatic heterocycles. The Hall–Kier alpha value is -1.61. The molecule has 3 rings (SSSR count). The van der Waals surface area contributed by atoms with E-state index in [2.05, 4.69) is 53.9 Å². The third-order valence-electron chi connectivity index (χ3n) is 4.59. The van der Waals surface area contributed by atoms with Crippen molar-refractivity contribution >= 4 is 0 Å². The molecule has 0 radical (unpaired) electrons. The zero-order valence-electron chi connectivity index (χ0n) is 12.3. The SMILES string of the molecule is CNC(CCc1ccnn1C)C1CC1c1ccccc1. The van der Waals surface area contributed by atoms with Gasteiger partial charge in [-0.1, -0.05) is 30.3 Å². The van der Waals surface area contributed by atoms with Crippen LogP contribution in [-0.4, -0.2) is 22.9 Å². The molecule has 1 fully saturated rings. The van der Waals surface area contributed by atoms with Gasteiger partial charge in [0.1, 0.15) is 0 Å². The Kier molecular flexibility index (Phi) is 3.88. The number of benzene rings is 1. The number of nitrogens with one attached hydrogen (secondary N) is 1. The average Bonchev–Trinajstić information content (AvgIpc) is 3.17. The standard InChI is InChI=1S/C17H23N3/c1-18-17(9-8-14-10-11-19-20(14)2)16-12-15(16)13-6-4-3-5-7-13/h3-7,10-11,15-18H,8-9,12H2,1-2H3. The summed E-state index contributed by atoms with van der Waals surface area (Å²) in [4.78, 5) is 0. The van der Waals surface area contributed by atoms with Gasteiger partial charge in [0.2, 0.25) is 0 Å². The van der Waals surface area contributed by atoms with Crippen molar-refractivity contribution in [3.8, 4) is 0 Å². The number of hydrogen-bond donors (Lipinski definition) is 1. The topological polar surface area (TPSA) is 29.9 Å². The number of aryl methyl sites for hydroxylation is 2. The van der Waals surface area contributed by atoms with Crippen LogP contribution in [0, 0.1) is 5.92 Å². The molecule has 106 valence electrons. The third kappa shape index (κ3) is 2.78. The highest BCUT2D eigenvalue weighted by Crippen LogP contribution is 2.50. The van der Waals surface area contributed by atoms with Crippen LogP contribution < -0.4 is 5.32 Å². The Labute approximate surface area is 121 Å². The maximum atomic E-state index is 4.24. The summed E-state index contributed by atoms with van der Waals surface area (Å²) >= 11 is 0. The van der Waals surface area contributed by atoms with Gasteiger partial charge >= 0.3 is 0 Å². The van der Waals surface area contributed by atoms with E-state index in [1.54, 1.807) is 0 Å². The fraction of sp³-hybridized carbons (Fsp3) is 0.471. The fourth-order valence-electron chi connectivity index (χ4n) is 3.27. The minimum Gasteiger partial charge on any atom is -0.317 e. The largest absolute Gasteiger partial charge is 0.317 e. The highest BCUT2D eigenvalue weighted by atomic mass is 15.2. The monoisotopic (exact) mass is 269 g/mol. The van der Waals surface area contributed by atoms with Crippen molar-refractivity contribution in [2.45, 2.75) is 31.2 Å². The summed E-state index contributed by atoms with van der Waals surface area (Å²) in [7, 11) is 4.11. The smallest absolute Gasteiger partial charge is 0.0492 e. The van der Waals surface area contributed by atoms with Crippen LogP contribution in [0.5, 0.6) is 0 Å². The molecule has 0 amide bonds. The molecule has 1 aromatic carbocycles. The summed E-state index contributed by atoms with van der Waals surface area (Å²) < 4.78 is 1.98. The molecule has 1 N–H and O–H groups in total. The second-order valence-corrected chi connectivity index (χ2v) is 5.80. The number of rotatable bonds is 6. The van der Waals surface area contributed by atoms with E-state index in [4.69, 9.17) is 0 Å². The first-order valence-electron chi connectivity index (χ1n) is 7.48. The van der Waals surface area contributed by atoms with E-state index >= 15 is 0 Å². The van der Waals surface area contributed by atoms with E-state index in [9.17, 15) is 0 Å². The third-order valence-corrected chi connectivity index (χ3v) is 4.59. The Morgan fingerprint density at radius 1 is 1.30 bits per heavy atom. The van der Waals surface area contributed by atoms with Crippen molar-refractivity contribution in [3.05, 3.63) is 53.9 Å². The van der Waals surface area contributed by atoms with Gasteiger partial charge in [-0.3, -0.25) is 4.68 Å². The number of hydrogen-bond acceptors (Lipinski definition) is 2. The highest BCUT2D eigenvalue weighted by Gasteiger charge is 2.42. The molecule has 3 atom stereocenters. The molecule has 2 aromatic rings. The molecule has 3 unspecified atom stereocenters. The molecule has 0 aliphatic heterocycles. The summed E-state index contributed by atoms with van der Waals surface area (Å²) in [5, 5.41) is 7.76. The van der Waals surface area contributed by atoms with Crippen LogP contribution in [0.15, 0.2) is 42.6 Å². The van der Waals surface area contributed by atoms with E-state index in [-0.39, 0.29) is 0 Å². The van der Waals surface area contributed by atoms with Gasteiger partial charge in [0.25, 0.3) is 0 Å². The van der Waals surface area contributed by atoms with Crippen LogP contribution in [0.25, 0.3) is 0 Å². The molecule has 0 saturated heterocycles. The van der Waals surface area contributed by atoms with Crippen LogP contribution in [0.3, 0.4) is 0 Å². The molecule has 1 heterocycles. The highest BCUT2D eigenvalue weighted by molar-refractivity contribution is 5.26. The minimum atomic E-state index is 0.607. The molecule has 0 bridgehead atoms. The van der Waals surface area contributed by atoms with Gasteiger partial charge in [-0.05, 0) is 49.8 Å². The zero-order chi connectivity index (χ0) is 13.9. The lowest BCUT2D eigenvalue weighted by Crippen LogP contribution is -2.28. The lowest BCUT2D eigenvalue weighted by atomic mass is 10.0. The van der Waals surface area contributed by atoms with Gasteiger partial charge in [-0.15, -0.1) is 0 Å². The maximum Gasteiger partial charge on any atom is 0.0492 e. The molecule has 3 heteroatoms. The van der Waals surface area contributed by atoms with Crippen molar-refractivity contribution in [1.29, 1.82) is 0 Å². The average molecular weight is 269 g/mol. The predicted molar refractivity (Wildman–Crippen MR) is 81.7 cm³/mol. The van der Waals surface area contributed by atoms with Crippen LogP contribution in [0.1, 0.15) is 30.0 Å². The van der Waals surface area contributed by atoms with E-state index in [1.807, 2.05) is 17.9 Å². The fourth-order valence-corrected chi connectivity index (χ4v) is 3.27. The van der Waals surface area contributed by atoms with Gasteiger partial charge in [0.15, 0.2) is 0 Å². The summed E-state index contributed by atoms with van der Waals surface area (Å²) in [5.74, 6) is 1.54. The quantitative estimate of drug-likeness (QED) is 0.874. The molecule has 1 aliphatic carbocycles. The lowest BCUT2D eigenvalue weighted by molar-refractivity contribution is 0.456. The van der Waals surface area contributed by atoms with Gasteiger partial charge in [0, 0.05) is 25.0 Å². The van der Waals surface area contributed by atoms with Crippen molar-refractivity contribution < 1.29 is 0 Å². The van der Waals surface area contributed by atoms with Crippen molar-refractivity contribution in [1.82, 2.24) is 15.1 Å². The van der Waals surface area contributed by atoms with Gasteiger partial charge in [-0.2, -0.15) is 5.10 Å². The normalized spacial score (nSPS) is 22.7. The van der Waals surface area contributed by atoms with Crippen LogP contribution in [0.2, 0.25) is 0 Å². The number of nitrogens with zero attached hydrogens (tertiary/aromatic N) is 2. The van der Waals surface area contributed by atoms with Gasteiger partial charge in [0.05, 0.1) is 0 Å². The maximum absolute atomic E-state index is 4.24. The summed E-state index contributed by atoms with van der Waals surface area (Å²) in [6.45, 7) is 0. The van der Waals surface area contributed by atoms with Crippen molar-refractivity contribution in [3.63, 3.8) is 0 Å². The number of aromatic nitrogens is 2. The van der Waals surface area contributed by atoms with E-state index in [0.29, 0.717) is 6.04 Å². The van der Waals surface area contributed by atoms with Crippen LogP contribution >= 0.6 is 0 Å². The first-order chi connectivity index (χ1) is 9.79. The summed E-state index contributed by atoms with van der Waals surface area (Å²) in [6, 6.07) is 13.6. The lowest BCUT2D eigenvalue weighted by Gasteiger charge is -2.16. The Balaban J connectivity index is 1.57. The van der Waals surface area contributed by atoms with Crippen molar-refractivity contribution in [2.75, 3.05) is 7.05 Å². The molecule has 1 aliphatic rings. The van der Waals surface area contributed by atoms with Gasteiger partial charge < -0.3 is 5.32 Å². The first kappa shape index (κ1) is 13.4. The summed E-state index contributed by atoms with van der Waals surface area (Å²) in [6.07, 6.45) is 5.48. The minimum absolute atomic E-state index is 0.607. The molecule has 3 nitrogen and oxygen atoms in total. The van der Waals surface area contributed by atoms with E-state index < -0.39 is 0 Å². The van der Waals surface area contributed by atoms with E-state index in [0.717, 1.165) is 18.3 Å². The zero-order valence-corrected chi connectivity index (χ0v) is 12.3. The molecule has 1 saturated carbocycles. The Morgan fingerprint density at radius 3 is 2.75 bits per heavy atom. The Bertz CT molecular complexity index is 546. The van der Waals surface area contributed by atoms with Crippen molar-refractivity contribution in [2.24, 2.45) is 13.0 Å². The predicted octanol–water partition coefficient (Wildman–Crippen LogP) is 2.74. The summed E-state index contributed by atoms with van der Waals surface area (Å²) in [5.41, 5.74) is 2.82. The molecule has 0 spiro atoms. The molecule has 20 heavy (non-hydrogen) atoms. The van der Waals surface area contributed by atoms with Crippen LogP contribution in [0.4, 0.5) is 0 Å². The molecular formula is C17H23N3. The molecular weight excluding hydrogens is 246 g/mol. The second kappa shape index (κ2) is 5.80. The van der Waals surface area contributed by atoms with Gasteiger partial charge in [-0.25, -0.2) is 0 Å². The second-order valence-electron chi connectivity index (χ2n) is 5.80. The Morgan fingerprint density at radius 2 is 2.10 bits per heavy atom. The van der Waals surface area contributed by atoms with E-state index in [1.165, 1.54) is 24.1 Å². The van der Waals surface area contributed by atoms with Crippen LogP contribution in [-0.2, 0) is 13.5 Å².